The van der Waals surface area contributed by atoms with Crippen LogP contribution >= 0.6 is 143 Å². The van der Waals surface area contributed by atoms with Crippen LogP contribution in [0.3, 0.4) is 0 Å². The van der Waals surface area contributed by atoms with E-state index in [9.17, 15) is 14.4 Å². The number of carbonyl (C=O) groups excluding carboxylic acids is 3. The molecule has 0 atom stereocenters. The number of benzene rings is 1. The molecule has 0 bridgehead atoms. The molecule has 0 aliphatic rings. The van der Waals surface area contributed by atoms with Crippen molar-refractivity contribution in [3.05, 3.63) is 18.2 Å². The Bertz CT molecular complexity index is 747. The Morgan fingerprint density at radius 1 is 0.593 bits per heavy atom. The SMILES string of the molecule is O=C(Oc1ccc(OC(=O)C(Br)(Br)Br)c(OC(=O)C(Br)(Br)Br)c1)C(Br)(Br)Br. The molecule has 1 aromatic rings. The van der Waals surface area contributed by atoms with E-state index in [1.165, 1.54) is 18.2 Å². The zero-order chi connectivity index (χ0) is 21.2. The fourth-order valence-electron chi connectivity index (χ4n) is 1.20. The van der Waals surface area contributed by atoms with E-state index in [4.69, 9.17) is 14.2 Å². The predicted molar refractivity (Wildman–Crippen MR) is 132 cm³/mol. The molecule has 1 rings (SSSR count). The van der Waals surface area contributed by atoms with Crippen LogP contribution in [-0.4, -0.2) is 24.3 Å². The van der Waals surface area contributed by atoms with Crippen LogP contribution in [0.15, 0.2) is 18.2 Å². The van der Waals surface area contributed by atoms with Gasteiger partial charge in [0, 0.05) is 6.07 Å². The van der Waals surface area contributed by atoms with Gasteiger partial charge >= 0.3 is 17.9 Å². The fraction of sp³-hybridized carbons (Fsp3) is 0.250. The maximum atomic E-state index is 12.1. The smallest absolute Gasteiger partial charge is 0.350 e. The van der Waals surface area contributed by atoms with Gasteiger partial charge in [0.1, 0.15) is 5.75 Å². The molecule has 15 heteroatoms. The van der Waals surface area contributed by atoms with Crippen molar-refractivity contribution >= 4 is 161 Å². The van der Waals surface area contributed by atoms with Crippen LogP contribution in [-0.2, 0) is 14.4 Å². The molecule has 6 nitrogen and oxygen atoms in total. The van der Waals surface area contributed by atoms with Crippen molar-refractivity contribution in [2.24, 2.45) is 0 Å². The molecule has 0 heterocycles. The number of carbonyl (C=O) groups is 3. The van der Waals surface area contributed by atoms with Gasteiger partial charge in [-0.25, -0.2) is 14.4 Å². The van der Waals surface area contributed by atoms with Gasteiger partial charge in [0.2, 0.25) is 6.43 Å². The van der Waals surface area contributed by atoms with Crippen molar-refractivity contribution in [3.63, 3.8) is 0 Å². The summed E-state index contributed by atoms with van der Waals surface area (Å²) < 4.78 is 11.5. The van der Waals surface area contributed by atoms with Crippen molar-refractivity contribution < 1.29 is 28.6 Å². The number of hydrogen-bond acceptors (Lipinski definition) is 6. The normalized spacial score (nSPS) is 12.3. The number of hydrogen-bond donors (Lipinski definition) is 0. The highest BCUT2D eigenvalue weighted by Gasteiger charge is 2.35. The highest BCUT2D eigenvalue weighted by atomic mass is 80.0. The molecule has 0 amide bonds. The second-order valence-corrected chi connectivity index (χ2v) is 24.6. The van der Waals surface area contributed by atoms with Crippen LogP contribution in [0.2, 0.25) is 0 Å². The van der Waals surface area contributed by atoms with Crippen LogP contribution in [0.25, 0.3) is 0 Å². The van der Waals surface area contributed by atoms with E-state index in [2.05, 4.69) is 143 Å². The summed E-state index contributed by atoms with van der Waals surface area (Å²) in [7, 11) is 0. The van der Waals surface area contributed by atoms with E-state index in [0.717, 1.165) is 0 Å². The number of halogens is 9. The number of esters is 3. The van der Waals surface area contributed by atoms with Gasteiger partial charge < -0.3 is 14.2 Å². The van der Waals surface area contributed by atoms with Crippen molar-refractivity contribution in [1.29, 1.82) is 0 Å². The Kier molecular flexibility index (Phi) is 10.5. The Morgan fingerprint density at radius 3 is 1.37 bits per heavy atom. The Morgan fingerprint density at radius 2 is 0.963 bits per heavy atom. The molecule has 0 unspecified atom stereocenters. The number of rotatable bonds is 3. The topological polar surface area (TPSA) is 78.9 Å². The highest BCUT2D eigenvalue weighted by Crippen LogP contribution is 2.41. The molecule has 0 aromatic heterocycles. The molecule has 0 N–H and O–H groups in total. The van der Waals surface area contributed by atoms with E-state index in [1.54, 1.807) is 0 Å². The lowest BCUT2D eigenvalue weighted by Crippen LogP contribution is -2.26. The molecule has 0 fully saturated rings. The zero-order valence-corrected chi connectivity index (χ0v) is 26.4. The Hall–Kier alpha value is 1.95. The molecular formula is C12H3Br9O6. The Labute approximate surface area is 228 Å². The number of ether oxygens (including phenoxy) is 3. The lowest BCUT2D eigenvalue weighted by atomic mass is 10.3. The minimum atomic E-state index is -1.37. The van der Waals surface area contributed by atoms with Crippen molar-refractivity contribution in [2.45, 2.75) is 6.43 Å². The van der Waals surface area contributed by atoms with Crippen molar-refractivity contribution in [2.75, 3.05) is 0 Å². The Balaban J connectivity index is 3.24. The minimum Gasteiger partial charge on any atom is -0.424 e. The summed E-state index contributed by atoms with van der Waals surface area (Å²) in [5, 5.41) is 0. The first-order valence-corrected chi connectivity index (χ1v) is 13.2. The van der Waals surface area contributed by atoms with E-state index in [-0.39, 0.29) is 17.2 Å². The van der Waals surface area contributed by atoms with Gasteiger partial charge in [0.25, 0.3) is 0 Å². The van der Waals surface area contributed by atoms with Crippen LogP contribution in [0.4, 0.5) is 0 Å². The first-order valence-electron chi connectivity index (χ1n) is 6.03. The minimum absolute atomic E-state index is 0.0254. The molecule has 150 valence electrons. The molecule has 0 saturated heterocycles. The summed E-state index contributed by atoms with van der Waals surface area (Å²) in [5.41, 5.74) is 0. The first-order chi connectivity index (χ1) is 12.0. The molecule has 0 aliphatic carbocycles. The average Bonchev–Trinajstić information content (AvgIpc) is 2.46. The maximum Gasteiger partial charge on any atom is 0.350 e. The van der Waals surface area contributed by atoms with Crippen LogP contribution in [0.5, 0.6) is 17.2 Å². The molecule has 0 saturated carbocycles. The summed E-state index contributed by atoms with van der Waals surface area (Å²) in [6.07, 6.45) is 0. The standard InChI is InChI=1S/C12H3Br9O6/c13-10(14,15)7(22)25-4-1-2-5(26-8(23)11(16,17)18)6(3-4)27-9(24)12(19,20)21/h1-3H. The maximum absolute atomic E-state index is 12.1. The van der Waals surface area contributed by atoms with E-state index in [0.29, 0.717) is 0 Å². The summed E-state index contributed by atoms with van der Waals surface area (Å²) in [6, 6.07) is 3.84. The van der Waals surface area contributed by atoms with Crippen molar-refractivity contribution in [1.82, 2.24) is 0 Å². The second-order valence-electron chi connectivity index (χ2n) is 4.27. The lowest BCUT2D eigenvalue weighted by molar-refractivity contribution is -0.135. The third-order valence-electron chi connectivity index (χ3n) is 2.23. The van der Waals surface area contributed by atoms with Gasteiger partial charge in [-0.3, -0.25) is 0 Å². The quantitative estimate of drug-likeness (QED) is 0.186. The third kappa shape index (κ3) is 9.32. The average molecular weight is 962 g/mol. The van der Waals surface area contributed by atoms with Crippen LogP contribution in [0.1, 0.15) is 0 Å². The largest absolute Gasteiger partial charge is 0.424 e. The van der Waals surface area contributed by atoms with Crippen molar-refractivity contribution in [3.8, 4) is 17.2 Å². The van der Waals surface area contributed by atoms with Gasteiger partial charge in [-0.05, 0) is 156 Å². The molecule has 0 aliphatic heterocycles. The van der Waals surface area contributed by atoms with E-state index < -0.39 is 24.3 Å². The van der Waals surface area contributed by atoms with Gasteiger partial charge in [-0.15, -0.1) is 0 Å². The summed E-state index contributed by atoms with van der Waals surface area (Å²) in [4.78, 5) is 36.1. The van der Waals surface area contributed by atoms with Gasteiger partial charge in [0.05, 0.1) is 0 Å². The van der Waals surface area contributed by atoms with Crippen LogP contribution < -0.4 is 14.2 Å². The van der Waals surface area contributed by atoms with E-state index >= 15 is 0 Å². The molecule has 0 radical (unpaired) electrons. The zero-order valence-electron chi connectivity index (χ0n) is 12.1. The van der Waals surface area contributed by atoms with Gasteiger partial charge in [-0.1, -0.05) is 0 Å². The monoisotopic (exact) mass is 953 g/mol. The molecule has 0 spiro atoms. The predicted octanol–water partition coefficient (Wildman–Crippen LogP) is 6.92. The van der Waals surface area contributed by atoms with Crippen LogP contribution in [0, 0.1) is 0 Å². The first kappa shape index (κ1) is 27.0. The summed E-state index contributed by atoms with van der Waals surface area (Å²) >= 11 is 27.2. The second kappa shape index (κ2) is 10.5. The lowest BCUT2D eigenvalue weighted by Gasteiger charge is -2.17. The van der Waals surface area contributed by atoms with E-state index in [1.807, 2.05) is 0 Å². The molecular weight excluding hydrogens is 959 g/mol. The molecule has 1 aromatic carbocycles. The summed E-state index contributed by atoms with van der Waals surface area (Å²) in [6.45, 7) is 0. The fourth-order valence-corrected chi connectivity index (χ4v) is 1.92. The third-order valence-corrected chi connectivity index (χ3v) is 5.14. The molecule has 27 heavy (non-hydrogen) atoms. The highest BCUT2D eigenvalue weighted by molar-refractivity contribution is 9.40. The summed E-state index contributed by atoms with van der Waals surface area (Å²) in [5.74, 6) is -2.59. The van der Waals surface area contributed by atoms with Gasteiger partial charge in [0.15, 0.2) is 11.5 Å². The van der Waals surface area contributed by atoms with Gasteiger partial charge in [-0.2, -0.15) is 0 Å². The number of alkyl halides is 9.